The number of nitrogens with zero attached hydrogens (tertiary/aromatic N) is 4. The fourth-order valence-electron chi connectivity index (χ4n) is 4.34. The van der Waals surface area contributed by atoms with Crippen molar-refractivity contribution in [2.45, 2.75) is 31.3 Å². The number of fused-ring (bicyclic) bond motifs is 1. The molecule has 1 aromatic heterocycles. The summed E-state index contributed by atoms with van der Waals surface area (Å²) in [7, 11) is 0. The highest BCUT2D eigenvalue weighted by molar-refractivity contribution is 5.81. The van der Waals surface area contributed by atoms with E-state index in [9.17, 15) is 13.6 Å². The first kappa shape index (κ1) is 18.7. The lowest BCUT2D eigenvalue weighted by atomic mass is 9.79. The summed E-state index contributed by atoms with van der Waals surface area (Å²) in [5.74, 6) is -1.18. The van der Waals surface area contributed by atoms with E-state index in [0.717, 1.165) is 10.9 Å². The number of benzene rings is 2. The third-order valence-corrected chi connectivity index (χ3v) is 5.92. The van der Waals surface area contributed by atoms with E-state index in [1.165, 1.54) is 29.3 Å². The van der Waals surface area contributed by atoms with Crippen molar-refractivity contribution in [3.63, 3.8) is 0 Å². The fourth-order valence-corrected chi connectivity index (χ4v) is 4.34. The maximum Gasteiger partial charge on any atom is 0.249 e. The van der Waals surface area contributed by atoms with Crippen LogP contribution in [0.25, 0.3) is 10.9 Å². The molecule has 0 bridgehead atoms. The monoisotopic (exact) mass is 408 g/mol. The molecule has 6 nitrogen and oxygen atoms in total. The summed E-state index contributed by atoms with van der Waals surface area (Å²) in [5, 5.41) is 15.5. The lowest BCUT2D eigenvalue weighted by molar-refractivity contribution is -0.185. The first-order valence-electron chi connectivity index (χ1n) is 9.83. The van der Waals surface area contributed by atoms with Crippen molar-refractivity contribution in [1.29, 1.82) is 5.26 Å². The molecule has 1 aliphatic heterocycles. The average molecular weight is 408 g/mol. The van der Waals surface area contributed by atoms with E-state index >= 15 is 0 Å². The zero-order valence-corrected chi connectivity index (χ0v) is 16.0. The molecule has 1 saturated carbocycles. The van der Waals surface area contributed by atoms with E-state index in [1.807, 2.05) is 10.8 Å². The second-order valence-electron chi connectivity index (χ2n) is 7.80. The highest BCUT2D eigenvalue weighted by Gasteiger charge is 2.43. The van der Waals surface area contributed by atoms with Crippen molar-refractivity contribution >= 4 is 16.8 Å². The Kier molecular flexibility index (Phi) is 4.48. The zero-order valence-electron chi connectivity index (χ0n) is 16.0. The number of aromatic nitrogens is 2. The Hall–Kier alpha value is -3.31. The van der Waals surface area contributed by atoms with Gasteiger partial charge in [-0.05, 0) is 54.8 Å². The van der Waals surface area contributed by atoms with Gasteiger partial charge in [0.05, 0.1) is 42.0 Å². The van der Waals surface area contributed by atoms with Gasteiger partial charge in [0.2, 0.25) is 5.91 Å². The van der Waals surface area contributed by atoms with Gasteiger partial charge >= 0.3 is 0 Å². The molecular formula is C22H18F2N4O2. The van der Waals surface area contributed by atoms with Crippen LogP contribution in [-0.2, 0) is 9.63 Å². The Morgan fingerprint density at radius 2 is 2.00 bits per heavy atom. The zero-order chi connectivity index (χ0) is 20.8. The van der Waals surface area contributed by atoms with Crippen molar-refractivity contribution in [3.8, 4) is 6.07 Å². The standard InChI is InChI=1S/C22H18F2N4O2/c23-17-1-2-20-16(8-17)12-26-27(20)19-9-15(10-19)22(29)28-21(3-4-30-28)14-5-13(11-25)6-18(24)7-14/h1-2,5-8,12,15,19,21H,3-4,9-10H2/t15?,19?,21-/m0/s1. The molecule has 0 N–H and O–H groups in total. The molecule has 1 aliphatic carbocycles. The molecule has 30 heavy (non-hydrogen) atoms. The Balaban J connectivity index is 1.31. The molecule has 5 rings (SSSR count). The molecule has 2 aromatic carbocycles. The number of hydrogen-bond acceptors (Lipinski definition) is 4. The first-order chi connectivity index (χ1) is 14.5. The summed E-state index contributed by atoms with van der Waals surface area (Å²) < 4.78 is 29.1. The number of carbonyl (C=O) groups excluding carboxylic acids is 1. The molecule has 0 spiro atoms. The van der Waals surface area contributed by atoms with Crippen LogP contribution in [-0.4, -0.2) is 27.4 Å². The predicted octanol–water partition coefficient (Wildman–Crippen LogP) is 4.04. The molecule has 1 atom stereocenters. The number of nitriles is 1. The summed E-state index contributed by atoms with van der Waals surface area (Å²) in [6, 6.07) is 10.2. The van der Waals surface area contributed by atoms with E-state index in [2.05, 4.69) is 5.10 Å². The molecule has 1 amide bonds. The molecule has 8 heteroatoms. The number of rotatable bonds is 3. The van der Waals surface area contributed by atoms with Crippen molar-refractivity contribution in [3.05, 3.63) is 65.4 Å². The van der Waals surface area contributed by atoms with Crippen LogP contribution in [0.1, 0.15) is 42.5 Å². The smallest absolute Gasteiger partial charge is 0.249 e. The Morgan fingerprint density at radius 3 is 2.80 bits per heavy atom. The van der Waals surface area contributed by atoms with Crippen LogP contribution in [0.2, 0.25) is 0 Å². The topological polar surface area (TPSA) is 71.2 Å². The minimum absolute atomic E-state index is 0.0577. The first-order valence-corrected chi connectivity index (χ1v) is 9.83. The largest absolute Gasteiger partial charge is 0.272 e. The lowest BCUT2D eigenvalue weighted by Gasteiger charge is -2.37. The Bertz CT molecular complexity index is 1180. The van der Waals surface area contributed by atoms with E-state index in [1.54, 1.807) is 18.3 Å². The summed E-state index contributed by atoms with van der Waals surface area (Å²) in [6.07, 6.45) is 3.38. The van der Waals surface area contributed by atoms with E-state index in [0.29, 0.717) is 31.4 Å². The summed E-state index contributed by atoms with van der Waals surface area (Å²) in [5.41, 5.74) is 1.62. The minimum Gasteiger partial charge on any atom is -0.272 e. The Labute approximate surface area is 171 Å². The highest BCUT2D eigenvalue weighted by atomic mass is 19.1. The summed E-state index contributed by atoms with van der Waals surface area (Å²) in [4.78, 5) is 18.6. The quantitative estimate of drug-likeness (QED) is 0.656. The SMILES string of the molecule is N#Cc1cc(F)cc([C@@H]2CCON2C(=O)C2CC(n3ncc4cc(F)ccc43)C2)c1. The lowest BCUT2D eigenvalue weighted by Crippen LogP contribution is -2.41. The van der Waals surface area contributed by atoms with Crippen LogP contribution in [0.15, 0.2) is 42.6 Å². The third-order valence-electron chi connectivity index (χ3n) is 5.92. The summed E-state index contributed by atoms with van der Waals surface area (Å²) >= 11 is 0. The van der Waals surface area contributed by atoms with Gasteiger partial charge in [0.1, 0.15) is 11.6 Å². The van der Waals surface area contributed by atoms with Gasteiger partial charge in [-0.15, -0.1) is 0 Å². The maximum atomic E-state index is 13.9. The highest BCUT2D eigenvalue weighted by Crippen LogP contribution is 2.42. The number of hydroxylamine groups is 2. The van der Waals surface area contributed by atoms with Gasteiger partial charge in [0, 0.05) is 17.7 Å². The van der Waals surface area contributed by atoms with Gasteiger partial charge in [-0.2, -0.15) is 10.4 Å². The van der Waals surface area contributed by atoms with Gasteiger partial charge in [-0.25, -0.2) is 13.8 Å². The molecule has 152 valence electrons. The van der Waals surface area contributed by atoms with Gasteiger partial charge in [-0.1, -0.05) is 0 Å². The Morgan fingerprint density at radius 1 is 1.17 bits per heavy atom. The molecule has 1 saturated heterocycles. The number of amides is 1. The van der Waals surface area contributed by atoms with Crippen LogP contribution < -0.4 is 0 Å². The molecule has 2 heterocycles. The van der Waals surface area contributed by atoms with Crippen molar-refractivity contribution < 1.29 is 18.4 Å². The number of halogens is 2. The maximum absolute atomic E-state index is 13.9. The van der Waals surface area contributed by atoms with Crippen LogP contribution in [0, 0.1) is 28.9 Å². The fraction of sp³-hybridized carbons (Fsp3) is 0.318. The molecule has 0 radical (unpaired) electrons. The molecular weight excluding hydrogens is 390 g/mol. The van der Waals surface area contributed by atoms with Crippen molar-refractivity contribution in [2.75, 3.05) is 6.61 Å². The van der Waals surface area contributed by atoms with Gasteiger partial charge < -0.3 is 0 Å². The minimum atomic E-state index is -0.506. The van der Waals surface area contributed by atoms with Crippen LogP contribution in [0.3, 0.4) is 0 Å². The predicted molar refractivity (Wildman–Crippen MR) is 103 cm³/mol. The van der Waals surface area contributed by atoms with Gasteiger partial charge in [-0.3, -0.25) is 14.3 Å². The van der Waals surface area contributed by atoms with Crippen LogP contribution in [0.4, 0.5) is 8.78 Å². The van der Waals surface area contributed by atoms with E-state index in [4.69, 9.17) is 10.1 Å². The second kappa shape index (κ2) is 7.18. The molecule has 2 aliphatic rings. The average Bonchev–Trinajstić information content (AvgIpc) is 3.33. The number of carbonyl (C=O) groups is 1. The number of hydrogen-bond donors (Lipinski definition) is 0. The molecule has 2 fully saturated rings. The van der Waals surface area contributed by atoms with Crippen molar-refractivity contribution in [1.82, 2.24) is 14.8 Å². The molecule has 3 aromatic rings. The van der Waals surface area contributed by atoms with Crippen molar-refractivity contribution in [2.24, 2.45) is 5.92 Å². The van der Waals surface area contributed by atoms with E-state index < -0.39 is 11.9 Å². The second-order valence-corrected chi connectivity index (χ2v) is 7.80. The van der Waals surface area contributed by atoms with Crippen LogP contribution >= 0.6 is 0 Å². The normalized spacial score (nSPS) is 23.4. The van der Waals surface area contributed by atoms with Gasteiger partial charge in [0.15, 0.2) is 0 Å². The van der Waals surface area contributed by atoms with E-state index in [-0.39, 0.29) is 29.2 Å². The third kappa shape index (κ3) is 3.12. The molecule has 0 unspecified atom stereocenters. The van der Waals surface area contributed by atoms with Gasteiger partial charge in [0.25, 0.3) is 0 Å². The summed E-state index contributed by atoms with van der Waals surface area (Å²) in [6.45, 7) is 0.361. The van der Waals surface area contributed by atoms with Crippen LogP contribution in [0.5, 0.6) is 0 Å².